The molecule has 0 bridgehead atoms. The molecule has 2 heterocycles. The molecule has 42 heavy (non-hydrogen) atoms. The third-order valence-corrected chi connectivity index (χ3v) is 9.77. The number of alkyl halides is 2. The second-order valence-corrected chi connectivity index (χ2v) is 13.5. The molecule has 17 heteroatoms. The van der Waals surface area contributed by atoms with Crippen molar-refractivity contribution in [1.82, 2.24) is 14.8 Å². The van der Waals surface area contributed by atoms with Gasteiger partial charge < -0.3 is 18.9 Å². The van der Waals surface area contributed by atoms with Crippen molar-refractivity contribution >= 4 is 39.0 Å². The van der Waals surface area contributed by atoms with Crippen LogP contribution in [0.4, 0.5) is 8.78 Å². The van der Waals surface area contributed by atoms with Gasteiger partial charge >= 0.3 is 13.3 Å². The molecule has 1 atom stereocenters. The summed E-state index contributed by atoms with van der Waals surface area (Å²) in [7, 11) is -7.72. The van der Waals surface area contributed by atoms with Crippen molar-refractivity contribution in [3.63, 3.8) is 0 Å². The van der Waals surface area contributed by atoms with Crippen LogP contribution >= 0.6 is 18.9 Å². The SMILES string of the molecule is CCOP(=O)(O)C(F)(F)c1sc2c(OCCCS(N)(=O)=O)cc(-c3ncn(Cc4ccc(OC)cc4)n3)cc2c1C#N. The van der Waals surface area contributed by atoms with Gasteiger partial charge in [-0.15, -0.1) is 11.3 Å². The van der Waals surface area contributed by atoms with Crippen LogP contribution < -0.4 is 14.6 Å². The fraction of sp³-hybridized carbons (Fsp3) is 0.320. The van der Waals surface area contributed by atoms with Gasteiger partial charge in [0.15, 0.2) is 5.82 Å². The van der Waals surface area contributed by atoms with Gasteiger partial charge in [0, 0.05) is 10.9 Å². The van der Waals surface area contributed by atoms with Crippen LogP contribution in [0.3, 0.4) is 0 Å². The third kappa shape index (κ3) is 6.78. The van der Waals surface area contributed by atoms with Crippen molar-refractivity contribution < 1.29 is 40.7 Å². The summed E-state index contributed by atoms with van der Waals surface area (Å²) < 4.78 is 82.7. The van der Waals surface area contributed by atoms with E-state index in [4.69, 9.17) is 14.6 Å². The highest BCUT2D eigenvalue weighted by molar-refractivity contribution is 7.89. The third-order valence-electron chi connectivity index (χ3n) is 5.93. The lowest BCUT2D eigenvalue weighted by Gasteiger charge is -2.20. The number of nitriles is 1. The van der Waals surface area contributed by atoms with E-state index >= 15 is 8.78 Å². The van der Waals surface area contributed by atoms with E-state index in [1.54, 1.807) is 30.0 Å². The number of primary sulfonamides is 1. The lowest BCUT2D eigenvalue weighted by atomic mass is 10.1. The molecule has 0 radical (unpaired) electrons. The number of aromatic nitrogens is 3. The van der Waals surface area contributed by atoms with E-state index in [-0.39, 0.29) is 40.4 Å². The van der Waals surface area contributed by atoms with Crippen LogP contribution in [0.2, 0.25) is 0 Å². The van der Waals surface area contributed by atoms with Crippen LogP contribution in [-0.2, 0) is 31.3 Å². The molecule has 4 rings (SSSR count). The van der Waals surface area contributed by atoms with Crippen LogP contribution in [0.25, 0.3) is 21.5 Å². The van der Waals surface area contributed by atoms with Gasteiger partial charge in [-0.3, -0.25) is 4.57 Å². The molecule has 0 aliphatic rings. The minimum Gasteiger partial charge on any atom is -0.497 e. The molecule has 224 valence electrons. The summed E-state index contributed by atoms with van der Waals surface area (Å²) in [6.07, 6.45) is 1.47. The maximum Gasteiger partial charge on any atom is 0.402 e. The van der Waals surface area contributed by atoms with Crippen LogP contribution in [0.15, 0.2) is 42.7 Å². The highest BCUT2D eigenvalue weighted by Crippen LogP contribution is 2.65. The number of methoxy groups -OCH3 is 1. The summed E-state index contributed by atoms with van der Waals surface area (Å²) in [5, 5.41) is 19.4. The Morgan fingerprint density at radius 3 is 2.60 bits per heavy atom. The number of thiophene rings is 1. The molecule has 4 aromatic rings. The van der Waals surface area contributed by atoms with E-state index < -0.39 is 40.3 Å². The van der Waals surface area contributed by atoms with E-state index in [9.17, 15) is 23.1 Å². The molecule has 0 fully saturated rings. The first-order valence-corrected chi connectivity index (χ1v) is 16.4. The van der Waals surface area contributed by atoms with Gasteiger partial charge in [0.05, 0.1) is 42.9 Å². The number of fused-ring (bicyclic) bond motifs is 1. The first-order valence-electron chi connectivity index (χ1n) is 12.3. The lowest BCUT2D eigenvalue weighted by Crippen LogP contribution is -2.18. The highest BCUT2D eigenvalue weighted by atomic mass is 32.2. The van der Waals surface area contributed by atoms with E-state index in [2.05, 4.69) is 14.6 Å². The standard InChI is InChI=1S/C25H26F2N5O7PS2/c1-3-39-40(33,34)25(26,27)23-20(13-28)19-11-17(12-21(22(19)41-23)38-9-4-10-42(29,35)36)24-30-15-32(31-24)14-16-5-7-18(37-2)8-6-16/h5-8,11-12,15H,3-4,9-10,14H2,1-2H3,(H,33,34)(H2,29,35,36). The number of nitrogens with zero attached hydrogens (tertiary/aromatic N) is 4. The number of benzene rings is 2. The Labute approximate surface area is 243 Å². The summed E-state index contributed by atoms with van der Waals surface area (Å²) in [5.74, 6) is 0.518. The van der Waals surface area contributed by atoms with Gasteiger partial charge in [0.2, 0.25) is 10.0 Å². The Hall–Kier alpha value is -3.45. The van der Waals surface area contributed by atoms with Crippen molar-refractivity contribution in [3.05, 3.63) is 58.7 Å². The quantitative estimate of drug-likeness (QED) is 0.157. The van der Waals surface area contributed by atoms with Crippen LogP contribution in [-0.4, -0.2) is 54.2 Å². The number of sulfonamides is 1. The normalized spacial score (nSPS) is 13.5. The topological polar surface area (TPSA) is 180 Å². The minimum absolute atomic E-state index is 0.00499. The van der Waals surface area contributed by atoms with Gasteiger partial charge in [-0.05, 0) is 43.2 Å². The number of nitrogens with two attached hydrogens (primary N) is 1. The number of hydrogen-bond acceptors (Lipinski definition) is 10. The zero-order chi connectivity index (χ0) is 30.7. The Morgan fingerprint density at radius 1 is 1.26 bits per heavy atom. The van der Waals surface area contributed by atoms with Gasteiger partial charge in [-0.1, -0.05) is 12.1 Å². The molecule has 0 aliphatic heterocycles. The Morgan fingerprint density at radius 2 is 1.98 bits per heavy atom. The van der Waals surface area contributed by atoms with Crippen LogP contribution in [0, 0.1) is 11.3 Å². The Balaban J connectivity index is 1.78. The fourth-order valence-electron chi connectivity index (χ4n) is 3.98. The van der Waals surface area contributed by atoms with E-state index in [0.29, 0.717) is 29.2 Å². The molecule has 12 nitrogen and oxygen atoms in total. The monoisotopic (exact) mass is 641 g/mol. The Bertz CT molecular complexity index is 1790. The highest BCUT2D eigenvalue weighted by Gasteiger charge is 2.55. The van der Waals surface area contributed by atoms with Gasteiger partial charge in [-0.25, -0.2) is 23.2 Å². The number of halogens is 2. The van der Waals surface area contributed by atoms with Crippen LogP contribution in [0.5, 0.6) is 11.5 Å². The fourth-order valence-corrected chi connectivity index (χ4v) is 6.93. The van der Waals surface area contributed by atoms with Crippen molar-refractivity contribution in [1.29, 1.82) is 5.26 Å². The van der Waals surface area contributed by atoms with E-state index in [1.165, 1.54) is 25.4 Å². The molecule has 0 spiro atoms. The van der Waals surface area contributed by atoms with Crippen molar-refractivity contribution in [3.8, 4) is 29.0 Å². The maximum absolute atomic E-state index is 15.3. The van der Waals surface area contributed by atoms with Crippen LogP contribution in [0.1, 0.15) is 29.3 Å². The van der Waals surface area contributed by atoms with E-state index in [1.807, 2.05) is 12.1 Å². The molecule has 0 saturated carbocycles. The summed E-state index contributed by atoms with van der Waals surface area (Å²) in [6.45, 7) is 1.04. The molecule has 2 aromatic heterocycles. The molecule has 0 amide bonds. The Kier molecular flexibility index (Phi) is 9.31. The zero-order valence-electron chi connectivity index (χ0n) is 22.4. The summed E-state index contributed by atoms with van der Waals surface area (Å²) in [6, 6.07) is 11.9. The lowest BCUT2D eigenvalue weighted by molar-refractivity contribution is 0.0498. The average Bonchev–Trinajstić information content (AvgIpc) is 3.55. The molecule has 0 saturated heterocycles. The second kappa shape index (κ2) is 12.4. The number of rotatable bonds is 13. The van der Waals surface area contributed by atoms with Crippen molar-refractivity contribution in [2.75, 3.05) is 26.1 Å². The molecule has 2 aromatic carbocycles. The van der Waals surface area contributed by atoms with Crippen molar-refractivity contribution in [2.24, 2.45) is 5.14 Å². The summed E-state index contributed by atoms with van der Waals surface area (Å²) in [5.41, 5.74) is -3.73. The largest absolute Gasteiger partial charge is 0.497 e. The zero-order valence-corrected chi connectivity index (χ0v) is 24.9. The smallest absolute Gasteiger partial charge is 0.402 e. The summed E-state index contributed by atoms with van der Waals surface area (Å²) >= 11 is 0.403. The van der Waals surface area contributed by atoms with Crippen molar-refractivity contribution in [2.45, 2.75) is 25.6 Å². The number of ether oxygens (including phenoxy) is 2. The predicted octanol–water partition coefficient (Wildman–Crippen LogP) is 4.42. The first kappa shape index (κ1) is 31.5. The molecule has 0 aliphatic carbocycles. The predicted molar refractivity (Wildman–Crippen MR) is 151 cm³/mol. The molecular formula is C25H26F2N5O7PS2. The molecule has 3 N–H and O–H groups in total. The first-order chi connectivity index (χ1) is 19.8. The molecular weight excluding hydrogens is 615 g/mol. The average molecular weight is 642 g/mol. The maximum atomic E-state index is 15.3. The minimum atomic E-state index is -5.51. The van der Waals surface area contributed by atoms with E-state index in [0.717, 1.165) is 5.56 Å². The van der Waals surface area contributed by atoms with Gasteiger partial charge in [-0.2, -0.15) is 19.1 Å². The van der Waals surface area contributed by atoms with Gasteiger partial charge in [0.1, 0.15) is 28.8 Å². The number of hydrogen-bond donors (Lipinski definition) is 2. The summed E-state index contributed by atoms with van der Waals surface area (Å²) in [4.78, 5) is 13.3. The second-order valence-electron chi connectivity index (χ2n) is 8.93. The van der Waals surface area contributed by atoms with Gasteiger partial charge in [0.25, 0.3) is 0 Å². The molecule has 1 unspecified atom stereocenters.